The van der Waals surface area contributed by atoms with Crippen molar-refractivity contribution < 1.29 is 5.11 Å². The van der Waals surface area contributed by atoms with Crippen molar-refractivity contribution in [1.82, 2.24) is 19.7 Å². The van der Waals surface area contributed by atoms with E-state index in [-0.39, 0.29) is 17.1 Å². The average Bonchev–Trinajstić information content (AvgIpc) is 3.31. The highest BCUT2D eigenvalue weighted by Crippen LogP contribution is 2.30. The number of rotatable bonds is 5. The predicted molar refractivity (Wildman–Crippen MR) is 117 cm³/mol. The lowest BCUT2D eigenvalue weighted by Crippen LogP contribution is -1.98. The Balaban J connectivity index is 1.58. The lowest BCUT2D eigenvalue weighted by Gasteiger charge is -2.06. The van der Waals surface area contributed by atoms with Crippen molar-refractivity contribution in [3.05, 3.63) is 64.9 Å². The summed E-state index contributed by atoms with van der Waals surface area (Å²) in [4.78, 5) is 4.47. The van der Waals surface area contributed by atoms with E-state index < -0.39 is 0 Å². The number of fused-ring (bicyclic) bond motifs is 1. The van der Waals surface area contributed by atoms with Crippen LogP contribution in [0.15, 0.2) is 59.4 Å². The summed E-state index contributed by atoms with van der Waals surface area (Å²) in [5, 5.41) is 29.8. The van der Waals surface area contributed by atoms with Gasteiger partial charge >= 0.3 is 0 Å². The third kappa shape index (κ3) is 3.75. The molecule has 1 N–H and O–H groups in total. The number of allylic oxidation sites excluding steroid dienone is 1. The number of benzene rings is 2. The highest BCUT2D eigenvalue weighted by molar-refractivity contribution is 7.99. The van der Waals surface area contributed by atoms with E-state index in [4.69, 9.17) is 0 Å². The molecule has 0 aliphatic heterocycles. The highest BCUT2D eigenvalue weighted by atomic mass is 32.2. The van der Waals surface area contributed by atoms with E-state index in [0.29, 0.717) is 10.2 Å². The van der Waals surface area contributed by atoms with Crippen LogP contribution < -0.4 is 0 Å². The molecule has 2 aromatic carbocycles. The quantitative estimate of drug-likeness (QED) is 0.279. The first kappa shape index (κ1) is 19.2. The van der Waals surface area contributed by atoms with Crippen LogP contribution in [0.4, 0.5) is 0 Å². The molecule has 0 saturated carbocycles. The van der Waals surface area contributed by atoms with Crippen LogP contribution in [0, 0.1) is 18.3 Å². The van der Waals surface area contributed by atoms with Gasteiger partial charge in [-0.15, -0.1) is 21.5 Å². The molecule has 0 spiro atoms. The van der Waals surface area contributed by atoms with Crippen LogP contribution >= 0.6 is 23.1 Å². The minimum atomic E-state index is -0.0167. The van der Waals surface area contributed by atoms with E-state index in [1.807, 2.05) is 67.1 Å². The van der Waals surface area contributed by atoms with Crippen LogP contribution in [0.5, 0.6) is 0 Å². The van der Waals surface area contributed by atoms with E-state index in [9.17, 15) is 10.4 Å². The Morgan fingerprint density at radius 3 is 2.69 bits per heavy atom. The fraction of sp³-hybridized carbons (Fsp3) is 0.143. The SMILES string of the molecule is Cc1ccccc1-c1nnc(SC/C(O)=C(\C#N)c2nc3ccccc3s2)n1C. The van der Waals surface area contributed by atoms with Crippen molar-refractivity contribution in [2.24, 2.45) is 7.05 Å². The van der Waals surface area contributed by atoms with E-state index in [1.165, 1.54) is 23.1 Å². The zero-order chi connectivity index (χ0) is 20.4. The van der Waals surface area contributed by atoms with Crippen molar-refractivity contribution in [3.8, 4) is 17.5 Å². The number of aliphatic hydroxyl groups excluding tert-OH is 1. The topological polar surface area (TPSA) is 87.6 Å². The Kier molecular flexibility index (Phi) is 5.34. The van der Waals surface area contributed by atoms with Gasteiger partial charge in [0.25, 0.3) is 0 Å². The number of nitrogens with zero attached hydrogens (tertiary/aromatic N) is 5. The maximum atomic E-state index is 10.6. The van der Waals surface area contributed by atoms with Crippen molar-refractivity contribution in [3.63, 3.8) is 0 Å². The second kappa shape index (κ2) is 8.07. The van der Waals surface area contributed by atoms with Gasteiger partial charge in [-0.3, -0.25) is 0 Å². The molecular weight excluding hydrogens is 402 g/mol. The van der Waals surface area contributed by atoms with Gasteiger partial charge in [0.05, 0.1) is 16.0 Å². The molecule has 4 aromatic rings. The first-order valence-electron chi connectivity index (χ1n) is 8.85. The molecule has 2 aromatic heterocycles. The molecule has 0 amide bonds. The molecule has 8 heteroatoms. The summed E-state index contributed by atoms with van der Waals surface area (Å²) in [6.07, 6.45) is 0. The second-order valence-corrected chi connectivity index (χ2v) is 8.36. The van der Waals surface area contributed by atoms with Gasteiger partial charge in [0.1, 0.15) is 22.4 Å². The largest absolute Gasteiger partial charge is 0.510 e. The number of para-hydroxylation sites is 1. The Labute approximate surface area is 176 Å². The molecule has 144 valence electrons. The van der Waals surface area contributed by atoms with E-state index >= 15 is 0 Å². The van der Waals surface area contributed by atoms with Crippen LogP contribution in [0.25, 0.3) is 27.2 Å². The molecule has 4 rings (SSSR count). The third-order valence-corrected chi connectivity index (χ3v) is 6.55. The summed E-state index contributed by atoms with van der Waals surface area (Å²) in [7, 11) is 1.89. The zero-order valence-corrected chi connectivity index (χ0v) is 17.5. The zero-order valence-electron chi connectivity index (χ0n) is 15.8. The smallest absolute Gasteiger partial charge is 0.191 e. The van der Waals surface area contributed by atoms with E-state index in [2.05, 4.69) is 21.3 Å². The molecule has 0 fully saturated rings. The van der Waals surface area contributed by atoms with Gasteiger partial charge in [-0.05, 0) is 24.6 Å². The molecule has 0 aliphatic carbocycles. The highest BCUT2D eigenvalue weighted by Gasteiger charge is 2.17. The molecule has 0 bridgehead atoms. The molecule has 0 atom stereocenters. The summed E-state index contributed by atoms with van der Waals surface area (Å²) in [6, 6.07) is 17.7. The standard InChI is InChI=1S/C21H17N5OS2/c1-13-7-3-4-8-14(13)19-24-25-21(26(19)2)28-12-17(27)15(11-22)20-23-16-9-5-6-10-18(16)29-20/h3-10,27H,12H2,1-2H3/b17-15-. The van der Waals surface area contributed by atoms with Crippen LogP contribution in [0.1, 0.15) is 10.6 Å². The molecule has 0 saturated heterocycles. The minimum Gasteiger partial charge on any atom is -0.510 e. The van der Waals surface area contributed by atoms with Gasteiger partial charge in [-0.25, -0.2) is 4.98 Å². The Hall–Kier alpha value is -3.15. The second-order valence-electron chi connectivity index (χ2n) is 6.39. The van der Waals surface area contributed by atoms with Gasteiger partial charge in [0.15, 0.2) is 11.0 Å². The monoisotopic (exact) mass is 419 g/mol. The van der Waals surface area contributed by atoms with Gasteiger partial charge < -0.3 is 9.67 Å². The fourth-order valence-electron chi connectivity index (χ4n) is 2.92. The normalized spacial score (nSPS) is 12.0. The molecule has 29 heavy (non-hydrogen) atoms. The Bertz CT molecular complexity index is 1230. The summed E-state index contributed by atoms with van der Waals surface area (Å²) in [5.41, 5.74) is 3.14. The van der Waals surface area contributed by atoms with E-state index in [0.717, 1.165) is 27.2 Å². The van der Waals surface area contributed by atoms with Gasteiger partial charge in [-0.2, -0.15) is 5.26 Å². The number of hydrogen-bond acceptors (Lipinski definition) is 7. The lowest BCUT2D eigenvalue weighted by molar-refractivity contribution is 0.420. The Morgan fingerprint density at radius 2 is 1.93 bits per heavy atom. The van der Waals surface area contributed by atoms with Crippen molar-refractivity contribution >= 4 is 38.9 Å². The number of aryl methyl sites for hydroxylation is 1. The van der Waals surface area contributed by atoms with Crippen LogP contribution in [0.3, 0.4) is 0 Å². The molecule has 2 heterocycles. The first-order valence-corrected chi connectivity index (χ1v) is 10.6. The molecule has 0 radical (unpaired) electrons. The average molecular weight is 420 g/mol. The summed E-state index contributed by atoms with van der Waals surface area (Å²) in [5.74, 6) is 0.955. The first-order chi connectivity index (χ1) is 14.1. The molecular formula is C21H17N5OS2. The number of nitriles is 1. The number of thiazole rings is 1. The van der Waals surface area contributed by atoms with Crippen LogP contribution in [-0.2, 0) is 7.05 Å². The fourth-order valence-corrected chi connectivity index (χ4v) is 4.69. The number of aliphatic hydroxyl groups is 1. The minimum absolute atomic E-state index is 0.0167. The maximum Gasteiger partial charge on any atom is 0.191 e. The summed E-state index contributed by atoms with van der Waals surface area (Å²) in [6.45, 7) is 2.03. The summed E-state index contributed by atoms with van der Waals surface area (Å²) >= 11 is 2.72. The van der Waals surface area contributed by atoms with E-state index in [1.54, 1.807) is 0 Å². The van der Waals surface area contributed by atoms with Gasteiger partial charge in [0.2, 0.25) is 0 Å². The summed E-state index contributed by atoms with van der Waals surface area (Å²) < 4.78 is 2.87. The lowest BCUT2D eigenvalue weighted by atomic mass is 10.1. The van der Waals surface area contributed by atoms with Crippen LogP contribution in [0.2, 0.25) is 0 Å². The third-order valence-electron chi connectivity index (χ3n) is 4.47. The number of aromatic nitrogens is 4. The van der Waals surface area contributed by atoms with Crippen LogP contribution in [-0.4, -0.2) is 30.6 Å². The van der Waals surface area contributed by atoms with Crippen molar-refractivity contribution in [2.45, 2.75) is 12.1 Å². The molecule has 6 nitrogen and oxygen atoms in total. The van der Waals surface area contributed by atoms with Gasteiger partial charge in [-0.1, -0.05) is 48.2 Å². The molecule has 0 aliphatic rings. The molecule has 0 unspecified atom stereocenters. The maximum absolute atomic E-state index is 10.6. The number of thioether (sulfide) groups is 1. The Morgan fingerprint density at radius 1 is 1.17 bits per heavy atom. The predicted octanol–water partition coefficient (Wildman–Crippen LogP) is 4.99. The van der Waals surface area contributed by atoms with Crippen molar-refractivity contribution in [2.75, 3.05) is 5.75 Å². The van der Waals surface area contributed by atoms with Crippen molar-refractivity contribution in [1.29, 1.82) is 5.26 Å². The van der Waals surface area contributed by atoms with Gasteiger partial charge in [0, 0.05) is 12.6 Å². The number of hydrogen-bond donors (Lipinski definition) is 1.